The highest BCUT2D eigenvalue weighted by molar-refractivity contribution is 5.91. The number of aromatic hydroxyl groups is 1. The molecule has 2 N–H and O–H groups in total. The SMILES string of the molecule is CCc1nc(C)cc(NCC(=O)[C@@H]2CC[C@@H]3[C@H]4CCC5=CC(=O)CC[C@@]5(C)[C@@H]4CC[C@@]32C)c1O. The number of aromatic nitrogens is 1. The summed E-state index contributed by atoms with van der Waals surface area (Å²) in [6.07, 6.45) is 10.9. The molecule has 4 aliphatic rings. The molecule has 0 amide bonds. The lowest BCUT2D eigenvalue weighted by Crippen LogP contribution is -2.51. The van der Waals surface area contributed by atoms with E-state index >= 15 is 0 Å². The average Bonchev–Trinajstić information content (AvgIpc) is 3.17. The van der Waals surface area contributed by atoms with Crippen LogP contribution in [-0.2, 0) is 16.0 Å². The summed E-state index contributed by atoms with van der Waals surface area (Å²) in [5.74, 6) is 2.75. The fraction of sp³-hybridized carbons (Fsp3) is 0.690. The highest BCUT2D eigenvalue weighted by Crippen LogP contribution is 2.66. The minimum Gasteiger partial charge on any atom is -0.504 e. The first kappa shape index (κ1) is 23.6. The first-order valence-corrected chi connectivity index (χ1v) is 13.4. The van der Waals surface area contributed by atoms with Crippen LogP contribution in [0.15, 0.2) is 17.7 Å². The summed E-state index contributed by atoms with van der Waals surface area (Å²) in [7, 11) is 0. The molecule has 3 saturated carbocycles. The smallest absolute Gasteiger partial charge is 0.160 e. The Morgan fingerprint density at radius 3 is 2.71 bits per heavy atom. The molecule has 0 unspecified atom stereocenters. The summed E-state index contributed by atoms with van der Waals surface area (Å²) in [4.78, 5) is 30.0. The lowest BCUT2D eigenvalue weighted by atomic mass is 9.46. The summed E-state index contributed by atoms with van der Waals surface area (Å²) >= 11 is 0. The number of fused-ring (bicyclic) bond motifs is 5. The fourth-order valence-electron chi connectivity index (χ4n) is 8.51. The number of aryl methyl sites for hydroxylation is 2. The van der Waals surface area contributed by atoms with Gasteiger partial charge in [0.2, 0.25) is 0 Å². The van der Waals surface area contributed by atoms with Gasteiger partial charge in [-0.15, -0.1) is 0 Å². The van der Waals surface area contributed by atoms with Gasteiger partial charge in [0.1, 0.15) is 0 Å². The van der Waals surface area contributed by atoms with Gasteiger partial charge in [0.15, 0.2) is 17.3 Å². The highest BCUT2D eigenvalue weighted by Gasteiger charge is 2.59. The molecule has 0 radical (unpaired) electrons. The largest absolute Gasteiger partial charge is 0.504 e. The van der Waals surface area contributed by atoms with Crippen LogP contribution in [0.5, 0.6) is 5.75 Å². The van der Waals surface area contributed by atoms with E-state index in [-0.39, 0.29) is 34.8 Å². The van der Waals surface area contributed by atoms with E-state index in [1.54, 1.807) is 0 Å². The number of hydrogen-bond acceptors (Lipinski definition) is 5. The Morgan fingerprint density at radius 1 is 1.15 bits per heavy atom. The molecule has 0 spiro atoms. The maximum atomic E-state index is 13.5. The first-order valence-electron chi connectivity index (χ1n) is 13.4. The Balaban J connectivity index is 1.31. The topological polar surface area (TPSA) is 79.3 Å². The Hall–Kier alpha value is -2.17. The van der Waals surface area contributed by atoms with Crippen molar-refractivity contribution in [3.8, 4) is 5.75 Å². The van der Waals surface area contributed by atoms with E-state index in [0.717, 1.165) is 37.8 Å². The minimum atomic E-state index is 0.0623. The third-order valence-electron chi connectivity index (χ3n) is 10.3. The molecule has 184 valence electrons. The van der Waals surface area contributed by atoms with Gasteiger partial charge in [-0.05, 0) is 99.0 Å². The van der Waals surface area contributed by atoms with E-state index in [1.807, 2.05) is 26.0 Å². The second-order valence-corrected chi connectivity index (χ2v) is 11.9. The van der Waals surface area contributed by atoms with Gasteiger partial charge in [-0.1, -0.05) is 26.3 Å². The van der Waals surface area contributed by atoms with Crippen molar-refractivity contribution in [3.63, 3.8) is 0 Å². The first-order chi connectivity index (χ1) is 16.2. The van der Waals surface area contributed by atoms with E-state index < -0.39 is 0 Å². The van der Waals surface area contributed by atoms with Crippen molar-refractivity contribution in [1.82, 2.24) is 4.98 Å². The summed E-state index contributed by atoms with van der Waals surface area (Å²) in [6, 6.07) is 1.83. The molecule has 0 aromatic carbocycles. The van der Waals surface area contributed by atoms with E-state index in [1.165, 1.54) is 18.4 Å². The van der Waals surface area contributed by atoms with Crippen molar-refractivity contribution >= 4 is 17.3 Å². The van der Waals surface area contributed by atoms with Gasteiger partial charge in [-0.3, -0.25) is 14.6 Å². The average molecular weight is 465 g/mol. The van der Waals surface area contributed by atoms with Crippen molar-refractivity contribution in [1.29, 1.82) is 0 Å². The summed E-state index contributed by atoms with van der Waals surface area (Å²) in [6.45, 7) is 8.95. The highest BCUT2D eigenvalue weighted by atomic mass is 16.3. The predicted molar refractivity (Wildman–Crippen MR) is 134 cm³/mol. The number of nitrogens with zero attached hydrogens (tertiary/aromatic N) is 1. The quantitative estimate of drug-likeness (QED) is 0.577. The number of pyridine rings is 1. The number of carbonyl (C=O) groups is 2. The second-order valence-electron chi connectivity index (χ2n) is 11.9. The Labute approximate surface area is 203 Å². The number of anilines is 1. The Morgan fingerprint density at radius 2 is 1.94 bits per heavy atom. The Kier molecular flexibility index (Phi) is 5.89. The van der Waals surface area contributed by atoms with E-state index in [2.05, 4.69) is 24.1 Å². The van der Waals surface area contributed by atoms with Crippen LogP contribution in [0.1, 0.15) is 83.5 Å². The van der Waals surface area contributed by atoms with Crippen LogP contribution in [0, 0.1) is 41.4 Å². The lowest BCUT2D eigenvalue weighted by Gasteiger charge is -2.58. The molecular formula is C29H40N2O3. The van der Waals surface area contributed by atoms with Crippen molar-refractivity contribution in [3.05, 3.63) is 29.1 Å². The van der Waals surface area contributed by atoms with Crippen molar-refractivity contribution in [2.24, 2.45) is 34.5 Å². The van der Waals surface area contributed by atoms with Crippen LogP contribution < -0.4 is 5.32 Å². The van der Waals surface area contributed by atoms with Gasteiger partial charge < -0.3 is 10.4 Å². The summed E-state index contributed by atoms with van der Waals surface area (Å²) in [5.41, 5.74) is 3.78. The zero-order valence-electron chi connectivity index (χ0n) is 21.2. The van der Waals surface area contributed by atoms with Crippen molar-refractivity contribution < 1.29 is 14.7 Å². The van der Waals surface area contributed by atoms with Crippen LogP contribution in [0.2, 0.25) is 0 Å². The zero-order valence-corrected chi connectivity index (χ0v) is 21.2. The van der Waals surface area contributed by atoms with Gasteiger partial charge in [0.05, 0.1) is 17.9 Å². The van der Waals surface area contributed by atoms with Crippen LogP contribution in [0.25, 0.3) is 0 Å². The zero-order chi connectivity index (χ0) is 24.3. The van der Waals surface area contributed by atoms with Crippen molar-refractivity contribution in [2.75, 3.05) is 11.9 Å². The third-order valence-corrected chi connectivity index (χ3v) is 10.3. The molecule has 5 heteroatoms. The van der Waals surface area contributed by atoms with Crippen LogP contribution in [0.3, 0.4) is 0 Å². The number of allylic oxidation sites excluding steroid dienone is 1. The lowest BCUT2D eigenvalue weighted by molar-refractivity contribution is -0.129. The summed E-state index contributed by atoms with van der Waals surface area (Å²) in [5, 5.41) is 13.8. The number of hydrogen-bond donors (Lipinski definition) is 2. The molecule has 1 heterocycles. The third kappa shape index (κ3) is 3.61. The molecule has 1 aromatic heterocycles. The maximum absolute atomic E-state index is 13.5. The number of carbonyl (C=O) groups excluding carboxylic acids is 2. The van der Waals surface area contributed by atoms with Crippen molar-refractivity contribution in [2.45, 2.75) is 85.5 Å². The Bertz CT molecular complexity index is 1050. The molecule has 1 aromatic rings. The van der Waals surface area contributed by atoms with Gasteiger partial charge >= 0.3 is 0 Å². The molecule has 6 atom stereocenters. The second kappa shape index (κ2) is 8.49. The molecule has 5 nitrogen and oxygen atoms in total. The molecule has 0 saturated heterocycles. The van der Waals surface area contributed by atoms with Gasteiger partial charge in [-0.25, -0.2) is 0 Å². The van der Waals surface area contributed by atoms with Gasteiger partial charge in [0.25, 0.3) is 0 Å². The standard InChI is InChI=1S/C29H40N2O3/c1-5-24-27(34)25(14-17(2)31-24)30-16-26(33)23-9-8-21-20-7-6-18-15-19(32)10-12-28(18,3)22(20)11-13-29(21,23)4/h14-15,20-23,34H,5-13,16H2,1-4H3,(H,30,31)/t20-,21-,22-,23+,28-,29+/m1/s1. The van der Waals surface area contributed by atoms with Crippen LogP contribution >= 0.6 is 0 Å². The fourth-order valence-corrected chi connectivity index (χ4v) is 8.51. The van der Waals surface area contributed by atoms with E-state index in [4.69, 9.17) is 0 Å². The molecule has 5 rings (SSSR count). The minimum absolute atomic E-state index is 0.0623. The number of nitrogens with one attached hydrogen (secondary N) is 1. The number of Topliss-reactive ketones (excluding diaryl/α,β-unsaturated/α-hetero) is 1. The normalized spacial score (nSPS) is 36.8. The van der Waals surface area contributed by atoms with Gasteiger partial charge in [-0.2, -0.15) is 0 Å². The van der Waals surface area contributed by atoms with E-state index in [9.17, 15) is 14.7 Å². The van der Waals surface area contributed by atoms with Crippen LogP contribution in [0.4, 0.5) is 5.69 Å². The molecule has 4 aliphatic carbocycles. The van der Waals surface area contributed by atoms with Gasteiger partial charge in [0, 0.05) is 18.0 Å². The molecular weight excluding hydrogens is 424 g/mol. The monoisotopic (exact) mass is 464 g/mol. The number of ketones is 2. The molecule has 0 aliphatic heterocycles. The summed E-state index contributed by atoms with van der Waals surface area (Å²) < 4.78 is 0. The van der Waals surface area contributed by atoms with E-state index in [0.29, 0.717) is 47.8 Å². The number of rotatable bonds is 5. The predicted octanol–water partition coefficient (Wildman–Crippen LogP) is 5.79. The molecule has 34 heavy (non-hydrogen) atoms. The van der Waals surface area contributed by atoms with Crippen LogP contribution in [-0.4, -0.2) is 28.2 Å². The molecule has 3 fully saturated rings. The maximum Gasteiger partial charge on any atom is 0.160 e. The molecule has 0 bridgehead atoms.